The molecule has 1 heterocycles. The average Bonchev–Trinajstić information content (AvgIpc) is 2.73. The van der Waals surface area contributed by atoms with Crippen LogP contribution in [0.5, 0.6) is 0 Å². The normalized spacial score (nSPS) is 20.2. The number of likely N-dealkylation sites (tertiary alicyclic amines) is 1. The van der Waals surface area contributed by atoms with Crippen molar-refractivity contribution in [3.05, 3.63) is 33.3 Å². The molecule has 1 unspecified atom stereocenters. The number of halogens is 1. The smallest absolute Gasteiger partial charge is 0.289 e. The molecule has 20 heavy (non-hydrogen) atoms. The first kappa shape index (κ1) is 15.2. The van der Waals surface area contributed by atoms with Crippen molar-refractivity contribution in [3.63, 3.8) is 0 Å². The van der Waals surface area contributed by atoms with E-state index in [2.05, 4.69) is 4.72 Å². The monoisotopic (exact) mass is 319 g/mol. The van der Waals surface area contributed by atoms with Gasteiger partial charge in [0, 0.05) is 18.7 Å². The zero-order valence-corrected chi connectivity index (χ0v) is 12.3. The van der Waals surface area contributed by atoms with Crippen molar-refractivity contribution < 1.29 is 13.3 Å². The summed E-state index contributed by atoms with van der Waals surface area (Å²) < 4.78 is 26.9. The molecule has 0 aromatic heterocycles. The summed E-state index contributed by atoms with van der Waals surface area (Å²) in [5.74, 6) is 0. The van der Waals surface area contributed by atoms with Crippen molar-refractivity contribution in [2.75, 3.05) is 20.1 Å². The van der Waals surface area contributed by atoms with Crippen LogP contribution in [0.3, 0.4) is 0 Å². The summed E-state index contributed by atoms with van der Waals surface area (Å²) in [5.41, 5.74) is -0.418. The number of hydrogen-bond donors (Lipinski definition) is 1. The minimum absolute atomic E-state index is 0.0884. The Balaban J connectivity index is 2.25. The SMILES string of the molecule is CN1CCC(NS(=O)(=O)c2ccc(Cl)c([N+](=O)[O-])c2)C1. The molecule has 1 aliphatic rings. The molecule has 0 spiro atoms. The number of likely N-dealkylation sites (N-methyl/N-ethyl adjacent to an activating group) is 1. The van der Waals surface area contributed by atoms with Crippen LogP contribution >= 0.6 is 11.6 Å². The molecule has 9 heteroatoms. The van der Waals surface area contributed by atoms with Crippen LogP contribution in [0.15, 0.2) is 23.1 Å². The van der Waals surface area contributed by atoms with Crippen LogP contribution in [-0.2, 0) is 10.0 Å². The second-order valence-corrected chi connectivity index (χ2v) is 6.86. The van der Waals surface area contributed by atoms with Crippen LogP contribution < -0.4 is 4.72 Å². The van der Waals surface area contributed by atoms with E-state index in [4.69, 9.17) is 11.6 Å². The Kier molecular flexibility index (Phi) is 4.28. The van der Waals surface area contributed by atoms with Gasteiger partial charge in [-0.1, -0.05) is 11.6 Å². The molecular formula is C11H14ClN3O4S. The van der Waals surface area contributed by atoms with Gasteiger partial charge in [0.1, 0.15) is 5.02 Å². The second-order valence-electron chi connectivity index (χ2n) is 4.74. The van der Waals surface area contributed by atoms with E-state index in [0.29, 0.717) is 13.0 Å². The summed E-state index contributed by atoms with van der Waals surface area (Å²) in [4.78, 5) is 11.9. The number of nitro groups is 1. The number of sulfonamides is 1. The molecule has 0 bridgehead atoms. The first-order valence-electron chi connectivity index (χ1n) is 5.94. The molecule has 1 atom stereocenters. The number of rotatable bonds is 4. The predicted octanol–water partition coefficient (Wildman–Crippen LogP) is 1.23. The largest absolute Gasteiger partial charge is 0.305 e. The van der Waals surface area contributed by atoms with Crippen molar-refractivity contribution in [1.29, 1.82) is 0 Å². The van der Waals surface area contributed by atoms with E-state index in [1.165, 1.54) is 12.1 Å². The van der Waals surface area contributed by atoms with Gasteiger partial charge in [0.2, 0.25) is 10.0 Å². The fourth-order valence-corrected chi connectivity index (χ4v) is 3.59. The highest BCUT2D eigenvalue weighted by Gasteiger charge is 2.27. The van der Waals surface area contributed by atoms with Crippen LogP contribution in [0.1, 0.15) is 6.42 Å². The van der Waals surface area contributed by atoms with Crippen molar-refractivity contribution >= 4 is 27.3 Å². The summed E-state index contributed by atoms with van der Waals surface area (Å²) in [7, 11) is -1.88. The number of nitrogens with zero attached hydrogens (tertiary/aromatic N) is 2. The van der Waals surface area contributed by atoms with Gasteiger partial charge in [0.15, 0.2) is 0 Å². The minimum atomic E-state index is -3.78. The molecule has 1 fully saturated rings. The highest BCUT2D eigenvalue weighted by atomic mass is 35.5. The lowest BCUT2D eigenvalue weighted by Crippen LogP contribution is -2.36. The molecule has 1 aliphatic heterocycles. The summed E-state index contributed by atoms with van der Waals surface area (Å²) in [6.45, 7) is 1.43. The lowest BCUT2D eigenvalue weighted by atomic mass is 10.3. The molecule has 7 nitrogen and oxygen atoms in total. The Morgan fingerprint density at radius 3 is 2.75 bits per heavy atom. The Labute approximate surface area is 121 Å². The number of hydrogen-bond acceptors (Lipinski definition) is 5. The van der Waals surface area contributed by atoms with Crippen LogP contribution in [-0.4, -0.2) is 44.4 Å². The Morgan fingerprint density at radius 1 is 1.50 bits per heavy atom. The van der Waals surface area contributed by atoms with Crippen molar-refractivity contribution in [3.8, 4) is 0 Å². The topological polar surface area (TPSA) is 92.6 Å². The van der Waals surface area contributed by atoms with Crippen molar-refractivity contribution in [1.82, 2.24) is 9.62 Å². The molecule has 0 radical (unpaired) electrons. The third-order valence-electron chi connectivity index (χ3n) is 3.14. The maximum absolute atomic E-state index is 12.2. The Morgan fingerprint density at radius 2 is 2.20 bits per heavy atom. The predicted molar refractivity (Wildman–Crippen MR) is 74.3 cm³/mol. The standard InChI is InChI=1S/C11H14ClN3O4S/c1-14-5-4-8(7-14)13-20(18,19)9-2-3-10(12)11(6-9)15(16)17/h2-3,6,8,13H,4-5,7H2,1H3. The first-order chi connectivity index (χ1) is 9.29. The van der Waals surface area contributed by atoms with Crippen molar-refractivity contribution in [2.24, 2.45) is 0 Å². The zero-order chi connectivity index (χ0) is 14.9. The van der Waals surface area contributed by atoms with E-state index >= 15 is 0 Å². The fraction of sp³-hybridized carbons (Fsp3) is 0.455. The summed E-state index contributed by atoms with van der Waals surface area (Å²) >= 11 is 5.67. The third kappa shape index (κ3) is 3.26. The van der Waals surface area contributed by atoms with E-state index in [1.54, 1.807) is 0 Å². The number of nitrogens with one attached hydrogen (secondary N) is 1. The molecule has 1 saturated heterocycles. The summed E-state index contributed by atoms with van der Waals surface area (Å²) in [6, 6.07) is 3.27. The van der Waals surface area contributed by atoms with Gasteiger partial charge < -0.3 is 4.90 Å². The molecule has 1 aromatic carbocycles. The van der Waals surface area contributed by atoms with Gasteiger partial charge in [-0.15, -0.1) is 0 Å². The third-order valence-corrected chi connectivity index (χ3v) is 4.98. The van der Waals surface area contributed by atoms with E-state index < -0.39 is 20.6 Å². The van der Waals surface area contributed by atoms with Gasteiger partial charge in [0.25, 0.3) is 5.69 Å². The van der Waals surface area contributed by atoms with Gasteiger partial charge in [-0.25, -0.2) is 13.1 Å². The minimum Gasteiger partial charge on any atom is -0.305 e. The molecule has 1 N–H and O–H groups in total. The number of benzene rings is 1. The highest BCUT2D eigenvalue weighted by molar-refractivity contribution is 7.89. The first-order valence-corrected chi connectivity index (χ1v) is 7.80. The second kappa shape index (κ2) is 5.65. The van der Waals surface area contributed by atoms with E-state index in [9.17, 15) is 18.5 Å². The van der Waals surface area contributed by atoms with Crippen LogP contribution in [0.2, 0.25) is 5.02 Å². The van der Waals surface area contributed by atoms with Crippen LogP contribution in [0.25, 0.3) is 0 Å². The fourth-order valence-electron chi connectivity index (χ4n) is 2.12. The summed E-state index contributed by atoms with van der Waals surface area (Å²) in [6.07, 6.45) is 0.714. The number of nitro benzene ring substituents is 1. The van der Waals surface area contributed by atoms with Gasteiger partial charge in [0.05, 0.1) is 9.82 Å². The maximum Gasteiger partial charge on any atom is 0.289 e. The van der Waals surface area contributed by atoms with Gasteiger partial charge >= 0.3 is 0 Å². The highest BCUT2D eigenvalue weighted by Crippen LogP contribution is 2.27. The lowest BCUT2D eigenvalue weighted by molar-refractivity contribution is -0.384. The molecule has 110 valence electrons. The van der Waals surface area contributed by atoms with Gasteiger partial charge in [-0.05, 0) is 32.1 Å². The van der Waals surface area contributed by atoms with E-state index in [1.807, 2.05) is 11.9 Å². The quantitative estimate of drug-likeness (QED) is 0.665. The molecule has 0 saturated carbocycles. The Hall–Kier alpha value is -1.22. The van der Waals surface area contributed by atoms with E-state index in [-0.39, 0.29) is 16.0 Å². The van der Waals surface area contributed by atoms with Crippen LogP contribution in [0.4, 0.5) is 5.69 Å². The van der Waals surface area contributed by atoms with E-state index in [0.717, 1.165) is 12.6 Å². The molecule has 0 amide bonds. The molecule has 2 rings (SSSR count). The maximum atomic E-state index is 12.2. The van der Waals surface area contributed by atoms with Gasteiger partial charge in [-0.2, -0.15) is 0 Å². The average molecular weight is 320 g/mol. The molecule has 1 aromatic rings. The summed E-state index contributed by atoms with van der Waals surface area (Å²) in [5, 5.41) is 10.7. The zero-order valence-electron chi connectivity index (χ0n) is 10.7. The Bertz CT molecular complexity index is 635. The molecule has 0 aliphatic carbocycles. The van der Waals surface area contributed by atoms with Crippen LogP contribution in [0, 0.1) is 10.1 Å². The van der Waals surface area contributed by atoms with Crippen molar-refractivity contribution in [2.45, 2.75) is 17.4 Å². The molecular weight excluding hydrogens is 306 g/mol. The lowest BCUT2D eigenvalue weighted by Gasteiger charge is -2.13. The van der Waals surface area contributed by atoms with Gasteiger partial charge in [-0.3, -0.25) is 10.1 Å².